The first-order chi connectivity index (χ1) is 12.7. The summed E-state index contributed by atoms with van der Waals surface area (Å²) in [5, 5.41) is 7.24. The zero-order valence-corrected chi connectivity index (χ0v) is 14.7. The number of amides is 1. The maximum absolute atomic E-state index is 12.9. The SMILES string of the molecule is CN(Cc1cn[nH]c1-c1cccnc1)[C@@H]1CCN(c2ccccc2)C1=O. The summed E-state index contributed by atoms with van der Waals surface area (Å²) in [5.74, 6) is 0.158. The van der Waals surface area contributed by atoms with Crippen molar-refractivity contribution in [2.45, 2.75) is 19.0 Å². The van der Waals surface area contributed by atoms with Crippen molar-refractivity contribution >= 4 is 11.6 Å². The molecule has 0 spiro atoms. The van der Waals surface area contributed by atoms with Crippen LogP contribution in [0.4, 0.5) is 5.69 Å². The van der Waals surface area contributed by atoms with E-state index in [0.717, 1.165) is 35.5 Å². The third-order valence-corrected chi connectivity index (χ3v) is 4.86. The van der Waals surface area contributed by atoms with Crippen LogP contribution in [0, 0.1) is 0 Å². The van der Waals surface area contributed by atoms with Crippen molar-refractivity contribution in [2.75, 3.05) is 18.5 Å². The second-order valence-corrected chi connectivity index (χ2v) is 6.56. The van der Waals surface area contributed by atoms with Crippen LogP contribution in [-0.2, 0) is 11.3 Å². The van der Waals surface area contributed by atoms with Crippen molar-refractivity contribution < 1.29 is 4.79 Å². The number of nitrogens with one attached hydrogen (secondary N) is 1. The van der Waals surface area contributed by atoms with Gasteiger partial charge in [0.05, 0.1) is 17.9 Å². The van der Waals surface area contributed by atoms with Gasteiger partial charge in [-0.25, -0.2) is 0 Å². The van der Waals surface area contributed by atoms with Crippen LogP contribution in [0.15, 0.2) is 61.1 Å². The number of likely N-dealkylation sites (N-methyl/N-ethyl adjacent to an activating group) is 1. The lowest BCUT2D eigenvalue weighted by molar-refractivity contribution is -0.121. The van der Waals surface area contributed by atoms with Gasteiger partial charge in [-0.1, -0.05) is 18.2 Å². The van der Waals surface area contributed by atoms with E-state index in [1.807, 2.05) is 66.8 Å². The van der Waals surface area contributed by atoms with Gasteiger partial charge in [0, 0.05) is 42.3 Å². The van der Waals surface area contributed by atoms with Gasteiger partial charge in [-0.2, -0.15) is 5.10 Å². The molecule has 1 aliphatic heterocycles. The number of aromatic amines is 1. The highest BCUT2D eigenvalue weighted by Gasteiger charge is 2.35. The lowest BCUT2D eigenvalue weighted by Gasteiger charge is -2.23. The number of hydrogen-bond acceptors (Lipinski definition) is 4. The molecule has 3 aromatic rings. The molecule has 0 bridgehead atoms. The molecule has 3 heterocycles. The monoisotopic (exact) mass is 347 g/mol. The van der Waals surface area contributed by atoms with Crippen LogP contribution in [0.1, 0.15) is 12.0 Å². The van der Waals surface area contributed by atoms with Crippen molar-refractivity contribution in [3.05, 3.63) is 66.6 Å². The van der Waals surface area contributed by atoms with Crippen LogP contribution >= 0.6 is 0 Å². The molecule has 1 aromatic carbocycles. The van der Waals surface area contributed by atoms with Crippen LogP contribution in [0.5, 0.6) is 0 Å². The van der Waals surface area contributed by atoms with E-state index in [-0.39, 0.29) is 11.9 Å². The van der Waals surface area contributed by atoms with Crippen molar-refractivity contribution in [3.8, 4) is 11.3 Å². The van der Waals surface area contributed by atoms with E-state index < -0.39 is 0 Å². The molecule has 1 saturated heterocycles. The van der Waals surface area contributed by atoms with Gasteiger partial charge < -0.3 is 4.90 Å². The molecule has 4 rings (SSSR count). The molecular formula is C20H21N5O. The Morgan fingerprint density at radius 1 is 1.19 bits per heavy atom. The fourth-order valence-corrected chi connectivity index (χ4v) is 3.51. The second kappa shape index (κ2) is 7.09. The molecule has 0 radical (unpaired) electrons. The van der Waals surface area contributed by atoms with Gasteiger partial charge in [0.15, 0.2) is 0 Å². The first-order valence-corrected chi connectivity index (χ1v) is 8.73. The van der Waals surface area contributed by atoms with E-state index in [1.54, 1.807) is 6.20 Å². The van der Waals surface area contributed by atoms with E-state index in [0.29, 0.717) is 6.54 Å². The van der Waals surface area contributed by atoms with Crippen molar-refractivity contribution in [2.24, 2.45) is 0 Å². The summed E-state index contributed by atoms with van der Waals surface area (Å²) in [6.07, 6.45) is 6.22. The molecule has 2 aromatic heterocycles. The predicted molar refractivity (Wildman–Crippen MR) is 100 cm³/mol. The van der Waals surface area contributed by atoms with Crippen LogP contribution in [-0.4, -0.2) is 45.6 Å². The highest BCUT2D eigenvalue weighted by atomic mass is 16.2. The molecule has 6 heteroatoms. The van der Waals surface area contributed by atoms with E-state index in [1.165, 1.54) is 0 Å². The molecule has 0 unspecified atom stereocenters. The highest BCUT2D eigenvalue weighted by molar-refractivity contribution is 5.99. The van der Waals surface area contributed by atoms with E-state index in [9.17, 15) is 4.79 Å². The van der Waals surface area contributed by atoms with Gasteiger partial charge in [0.2, 0.25) is 5.91 Å². The molecule has 1 fully saturated rings. The van der Waals surface area contributed by atoms with Gasteiger partial charge in [-0.15, -0.1) is 0 Å². The number of rotatable bonds is 5. The minimum atomic E-state index is -0.119. The Labute approximate surface area is 152 Å². The predicted octanol–water partition coefficient (Wildman–Crippen LogP) is 2.71. The average molecular weight is 347 g/mol. The summed E-state index contributed by atoms with van der Waals surface area (Å²) in [6, 6.07) is 13.6. The van der Waals surface area contributed by atoms with Crippen LogP contribution in [0.25, 0.3) is 11.3 Å². The Hall–Kier alpha value is -2.99. The second-order valence-electron chi connectivity index (χ2n) is 6.56. The minimum absolute atomic E-state index is 0.119. The minimum Gasteiger partial charge on any atom is -0.311 e. The van der Waals surface area contributed by atoms with Crippen LogP contribution in [0.2, 0.25) is 0 Å². The lowest BCUT2D eigenvalue weighted by atomic mass is 10.1. The summed E-state index contributed by atoms with van der Waals surface area (Å²) < 4.78 is 0. The number of hydrogen-bond donors (Lipinski definition) is 1. The fraction of sp³-hybridized carbons (Fsp3) is 0.250. The third-order valence-electron chi connectivity index (χ3n) is 4.86. The smallest absolute Gasteiger partial charge is 0.244 e. The average Bonchev–Trinajstić information content (AvgIpc) is 3.29. The third kappa shape index (κ3) is 3.11. The zero-order chi connectivity index (χ0) is 17.9. The summed E-state index contributed by atoms with van der Waals surface area (Å²) in [6.45, 7) is 1.40. The number of carbonyl (C=O) groups excluding carboxylic acids is 1. The number of pyridine rings is 1. The topological polar surface area (TPSA) is 65.1 Å². The van der Waals surface area contributed by atoms with Gasteiger partial charge in [-0.05, 0) is 37.7 Å². The molecule has 6 nitrogen and oxygen atoms in total. The van der Waals surface area contributed by atoms with Gasteiger partial charge in [0.25, 0.3) is 0 Å². The Balaban J connectivity index is 1.49. The Kier molecular flexibility index (Phi) is 4.50. The fourth-order valence-electron chi connectivity index (χ4n) is 3.51. The number of carbonyl (C=O) groups is 1. The van der Waals surface area contributed by atoms with Crippen molar-refractivity contribution in [3.63, 3.8) is 0 Å². The quantitative estimate of drug-likeness (QED) is 0.771. The number of aromatic nitrogens is 3. The molecule has 26 heavy (non-hydrogen) atoms. The number of anilines is 1. The van der Waals surface area contributed by atoms with Crippen molar-refractivity contribution in [1.29, 1.82) is 0 Å². The van der Waals surface area contributed by atoms with Crippen LogP contribution in [0.3, 0.4) is 0 Å². The van der Waals surface area contributed by atoms with E-state index in [4.69, 9.17) is 0 Å². The maximum atomic E-state index is 12.9. The Morgan fingerprint density at radius 3 is 2.81 bits per heavy atom. The number of nitrogens with zero attached hydrogens (tertiary/aromatic N) is 4. The first kappa shape index (κ1) is 16.5. The number of benzene rings is 1. The Bertz CT molecular complexity index is 877. The first-order valence-electron chi connectivity index (χ1n) is 8.73. The molecule has 1 aliphatic rings. The lowest BCUT2D eigenvalue weighted by Crippen LogP contribution is -2.39. The summed E-state index contributed by atoms with van der Waals surface area (Å²) in [5.41, 5.74) is 3.98. The molecule has 1 N–H and O–H groups in total. The van der Waals surface area contributed by atoms with Crippen molar-refractivity contribution in [1.82, 2.24) is 20.1 Å². The molecule has 132 valence electrons. The summed E-state index contributed by atoms with van der Waals surface area (Å²) >= 11 is 0. The molecule has 0 saturated carbocycles. The van der Waals surface area contributed by atoms with Gasteiger partial charge in [-0.3, -0.25) is 19.8 Å². The molecule has 1 amide bonds. The van der Waals surface area contributed by atoms with Gasteiger partial charge in [0.1, 0.15) is 0 Å². The standard InChI is InChI=1S/C20H21N5O/c1-24(14-16-13-22-23-19(16)15-6-5-10-21-12-15)18-9-11-25(20(18)26)17-7-3-2-4-8-17/h2-8,10,12-13,18H,9,11,14H2,1H3,(H,22,23)/t18-/m1/s1. The molecular weight excluding hydrogens is 326 g/mol. The summed E-state index contributed by atoms with van der Waals surface area (Å²) in [7, 11) is 2.00. The van der Waals surface area contributed by atoms with Crippen LogP contribution < -0.4 is 4.90 Å². The molecule has 0 aliphatic carbocycles. The van der Waals surface area contributed by atoms with Gasteiger partial charge >= 0.3 is 0 Å². The number of H-pyrrole nitrogens is 1. The zero-order valence-electron chi connectivity index (χ0n) is 14.7. The normalized spacial score (nSPS) is 17.2. The summed E-state index contributed by atoms with van der Waals surface area (Å²) in [4.78, 5) is 21.0. The molecule has 1 atom stereocenters. The number of para-hydroxylation sites is 1. The van der Waals surface area contributed by atoms with E-state index >= 15 is 0 Å². The van der Waals surface area contributed by atoms with E-state index in [2.05, 4.69) is 20.1 Å². The largest absolute Gasteiger partial charge is 0.311 e. The maximum Gasteiger partial charge on any atom is 0.244 e. The Morgan fingerprint density at radius 2 is 2.04 bits per heavy atom. The highest BCUT2D eigenvalue weighted by Crippen LogP contribution is 2.26.